The standard InChI is InChI=1S/C17H17N3O/c1-12-7-15(6-5-14-3-4-14)8-17(21)20(12)13(2)16-9-18-11-19-10-16/h7-11,13-14H,3-4H2,1-2H3/t13-/m1/s1. The van der Waals surface area contributed by atoms with Crippen LogP contribution in [0.15, 0.2) is 35.6 Å². The van der Waals surface area contributed by atoms with Crippen molar-refractivity contribution in [2.75, 3.05) is 0 Å². The molecule has 2 heterocycles. The van der Waals surface area contributed by atoms with Crippen LogP contribution in [0.4, 0.5) is 0 Å². The van der Waals surface area contributed by atoms with Crippen LogP contribution < -0.4 is 5.56 Å². The van der Waals surface area contributed by atoms with Crippen LogP contribution in [0.3, 0.4) is 0 Å². The second-order valence-electron chi connectivity index (χ2n) is 5.49. The van der Waals surface area contributed by atoms with Crippen LogP contribution in [0.2, 0.25) is 0 Å². The van der Waals surface area contributed by atoms with Crippen molar-refractivity contribution in [1.29, 1.82) is 0 Å². The van der Waals surface area contributed by atoms with Gasteiger partial charge in [0, 0.05) is 41.2 Å². The number of aryl methyl sites for hydroxylation is 1. The predicted octanol–water partition coefficient (Wildman–Crippen LogP) is 2.32. The van der Waals surface area contributed by atoms with Crippen LogP contribution in [0.25, 0.3) is 0 Å². The summed E-state index contributed by atoms with van der Waals surface area (Å²) in [6, 6.07) is 3.49. The van der Waals surface area contributed by atoms with Gasteiger partial charge in [-0.1, -0.05) is 11.8 Å². The summed E-state index contributed by atoms with van der Waals surface area (Å²) in [5.41, 5.74) is 2.59. The minimum atomic E-state index is -0.0934. The molecule has 1 fully saturated rings. The van der Waals surface area contributed by atoms with Crippen LogP contribution in [0.1, 0.15) is 42.6 Å². The van der Waals surface area contributed by atoms with E-state index in [4.69, 9.17) is 0 Å². The van der Waals surface area contributed by atoms with E-state index in [1.165, 1.54) is 19.2 Å². The number of nitrogens with zero attached hydrogens (tertiary/aromatic N) is 3. The van der Waals surface area contributed by atoms with E-state index in [2.05, 4.69) is 21.8 Å². The molecule has 1 aliphatic rings. The van der Waals surface area contributed by atoms with Gasteiger partial charge in [0.05, 0.1) is 6.04 Å². The zero-order valence-electron chi connectivity index (χ0n) is 12.2. The topological polar surface area (TPSA) is 47.8 Å². The minimum Gasteiger partial charge on any atom is -0.306 e. The van der Waals surface area contributed by atoms with Gasteiger partial charge in [0.15, 0.2) is 0 Å². The largest absolute Gasteiger partial charge is 0.306 e. The summed E-state index contributed by atoms with van der Waals surface area (Å²) in [5, 5.41) is 0. The summed E-state index contributed by atoms with van der Waals surface area (Å²) in [4.78, 5) is 20.4. The number of aromatic nitrogens is 3. The molecule has 0 aromatic carbocycles. The maximum atomic E-state index is 12.4. The van der Waals surface area contributed by atoms with E-state index in [0.29, 0.717) is 5.92 Å². The molecule has 1 saturated carbocycles. The van der Waals surface area contributed by atoms with E-state index in [1.807, 2.05) is 19.9 Å². The quantitative estimate of drug-likeness (QED) is 0.793. The van der Waals surface area contributed by atoms with Crippen molar-refractivity contribution in [3.8, 4) is 11.8 Å². The molecular formula is C17H17N3O. The first kappa shape index (κ1) is 13.6. The Labute approximate surface area is 123 Å². The lowest BCUT2D eigenvalue weighted by Gasteiger charge is -2.17. The summed E-state index contributed by atoms with van der Waals surface area (Å²) in [5.74, 6) is 6.83. The van der Waals surface area contributed by atoms with Gasteiger partial charge in [0.1, 0.15) is 6.33 Å². The van der Waals surface area contributed by atoms with Crippen molar-refractivity contribution in [3.05, 3.63) is 58.0 Å². The molecule has 0 saturated heterocycles. The highest BCUT2D eigenvalue weighted by atomic mass is 16.1. The Balaban J connectivity index is 1.96. The van der Waals surface area contributed by atoms with Gasteiger partial charge in [-0.25, -0.2) is 9.97 Å². The molecule has 0 amide bonds. The fourth-order valence-electron chi connectivity index (χ4n) is 2.37. The van der Waals surface area contributed by atoms with Crippen molar-refractivity contribution in [2.24, 2.45) is 5.92 Å². The Morgan fingerprint density at radius 3 is 2.62 bits per heavy atom. The zero-order chi connectivity index (χ0) is 14.8. The molecule has 2 aromatic rings. The van der Waals surface area contributed by atoms with Crippen molar-refractivity contribution in [2.45, 2.75) is 32.7 Å². The fourth-order valence-corrected chi connectivity index (χ4v) is 2.37. The fraction of sp³-hybridized carbons (Fsp3) is 0.353. The van der Waals surface area contributed by atoms with Crippen molar-refractivity contribution in [1.82, 2.24) is 14.5 Å². The van der Waals surface area contributed by atoms with E-state index in [0.717, 1.165) is 16.8 Å². The first-order valence-electron chi connectivity index (χ1n) is 7.15. The third-order valence-electron chi connectivity index (χ3n) is 3.71. The molecule has 106 valence electrons. The Morgan fingerprint density at radius 2 is 2.00 bits per heavy atom. The summed E-state index contributed by atoms with van der Waals surface area (Å²) < 4.78 is 1.75. The van der Waals surface area contributed by atoms with Crippen molar-refractivity contribution < 1.29 is 0 Å². The third kappa shape index (κ3) is 3.03. The third-order valence-corrected chi connectivity index (χ3v) is 3.71. The molecule has 2 aromatic heterocycles. The van der Waals surface area contributed by atoms with E-state index in [1.54, 1.807) is 23.0 Å². The molecule has 1 aliphatic carbocycles. The molecule has 0 aliphatic heterocycles. The van der Waals surface area contributed by atoms with Gasteiger partial charge < -0.3 is 4.57 Å². The summed E-state index contributed by atoms with van der Waals surface area (Å²) in [6.45, 7) is 3.91. The van der Waals surface area contributed by atoms with E-state index < -0.39 is 0 Å². The second kappa shape index (κ2) is 5.53. The highest BCUT2D eigenvalue weighted by molar-refractivity contribution is 5.36. The Morgan fingerprint density at radius 1 is 1.29 bits per heavy atom. The van der Waals surface area contributed by atoms with Crippen LogP contribution in [0.5, 0.6) is 0 Å². The van der Waals surface area contributed by atoms with Crippen LogP contribution in [-0.4, -0.2) is 14.5 Å². The van der Waals surface area contributed by atoms with Crippen LogP contribution in [-0.2, 0) is 0 Å². The van der Waals surface area contributed by atoms with Gasteiger partial charge in [0.25, 0.3) is 5.56 Å². The zero-order valence-corrected chi connectivity index (χ0v) is 12.2. The molecule has 0 bridgehead atoms. The smallest absolute Gasteiger partial charge is 0.252 e. The summed E-state index contributed by atoms with van der Waals surface area (Å²) in [6.07, 6.45) is 7.35. The molecule has 0 radical (unpaired) electrons. The van der Waals surface area contributed by atoms with E-state index in [-0.39, 0.29) is 11.6 Å². The molecule has 0 spiro atoms. The first-order valence-corrected chi connectivity index (χ1v) is 7.15. The Kier molecular flexibility index (Phi) is 3.57. The number of hydrogen-bond donors (Lipinski definition) is 0. The molecule has 21 heavy (non-hydrogen) atoms. The van der Waals surface area contributed by atoms with Gasteiger partial charge in [-0.15, -0.1) is 0 Å². The number of hydrogen-bond acceptors (Lipinski definition) is 3. The lowest BCUT2D eigenvalue weighted by atomic mass is 10.1. The molecular weight excluding hydrogens is 262 g/mol. The SMILES string of the molecule is Cc1cc(C#CC2CC2)cc(=O)n1[C@H](C)c1cncnc1. The Bertz CT molecular complexity index is 764. The molecule has 3 rings (SSSR count). The normalized spacial score (nSPS) is 15.1. The predicted molar refractivity (Wildman–Crippen MR) is 80.9 cm³/mol. The number of rotatable bonds is 2. The molecule has 4 nitrogen and oxygen atoms in total. The van der Waals surface area contributed by atoms with Gasteiger partial charge in [-0.3, -0.25) is 4.79 Å². The molecule has 1 atom stereocenters. The highest BCUT2D eigenvalue weighted by Gasteiger charge is 2.18. The maximum absolute atomic E-state index is 12.4. The molecule has 4 heteroatoms. The monoisotopic (exact) mass is 279 g/mol. The second-order valence-corrected chi connectivity index (χ2v) is 5.49. The van der Waals surface area contributed by atoms with E-state index >= 15 is 0 Å². The maximum Gasteiger partial charge on any atom is 0.252 e. The average molecular weight is 279 g/mol. The minimum absolute atomic E-state index is 0.0357. The molecule has 0 N–H and O–H groups in total. The van der Waals surface area contributed by atoms with Gasteiger partial charge in [0.2, 0.25) is 0 Å². The summed E-state index contributed by atoms with van der Waals surface area (Å²) in [7, 11) is 0. The van der Waals surface area contributed by atoms with Crippen molar-refractivity contribution in [3.63, 3.8) is 0 Å². The van der Waals surface area contributed by atoms with Gasteiger partial charge >= 0.3 is 0 Å². The lowest BCUT2D eigenvalue weighted by Crippen LogP contribution is -2.25. The van der Waals surface area contributed by atoms with Crippen LogP contribution in [0, 0.1) is 24.7 Å². The highest BCUT2D eigenvalue weighted by Crippen LogP contribution is 2.27. The Hall–Kier alpha value is -2.41. The van der Waals surface area contributed by atoms with Gasteiger partial charge in [-0.05, 0) is 32.8 Å². The first-order chi connectivity index (χ1) is 10.1. The van der Waals surface area contributed by atoms with E-state index in [9.17, 15) is 4.79 Å². The molecule has 0 unspecified atom stereocenters. The summed E-state index contributed by atoms with van der Waals surface area (Å²) >= 11 is 0. The number of pyridine rings is 1. The lowest BCUT2D eigenvalue weighted by molar-refractivity contribution is 0.592. The average Bonchev–Trinajstić information content (AvgIpc) is 3.29. The van der Waals surface area contributed by atoms with Crippen LogP contribution >= 0.6 is 0 Å². The van der Waals surface area contributed by atoms with Gasteiger partial charge in [-0.2, -0.15) is 0 Å². The van der Waals surface area contributed by atoms with Crippen molar-refractivity contribution >= 4 is 0 Å².